The summed E-state index contributed by atoms with van der Waals surface area (Å²) in [4.78, 5) is 33.7. The minimum absolute atomic E-state index is 0.171. The molecule has 1 aromatic heterocycles. The SMILES string of the molecule is CCOC(=O)C1=C(C)N=c2s/c(=C/c3ccc(N(C)C)cc3)c(=O)n2[C@H]1c1ccc(C)cc1. The molecule has 1 aliphatic rings. The lowest BCUT2D eigenvalue weighted by Gasteiger charge is -2.24. The molecule has 4 rings (SSSR count). The van der Waals surface area contributed by atoms with Crippen molar-refractivity contribution in [1.82, 2.24) is 4.57 Å². The number of carbonyl (C=O) groups excluding carboxylic acids is 1. The molecule has 0 N–H and O–H groups in total. The Morgan fingerprint density at radius 3 is 2.39 bits per heavy atom. The molecule has 0 unspecified atom stereocenters. The second-order valence-corrected chi connectivity index (χ2v) is 9.21. The van der Waals surface area contributed by atoms with Crippen molar-refractivity contribution < 1.29 is 9.53 Å². The van der Waals surface area contributed by atoms with Gasteiger partial charge >= 0.3 is 5.97 Å². The van der Waals surface area contributed by atoms with Crippen molar-refractivity contribution in [2.75, 3.05) is 25.6 Å². The van der Waals surface area contributed by atoms with Crippen LogP contribution in [0.15, 0.2) is 69.6 Å². The second kappa shape index (κ2) is 9.19. The zero-order chi connectivity index (χ0) is 23.7. The lowest BCUT2D eigenvalue weighted by atomic mass is 9.95. The van der Waals surface area contributed by atoms with E-state index in [1.807, 2.05) is 80.5 Å². The van der Waals surface area contributed by atoms with Crippen molar-refractivity contribution in [2.45, 2.75) is 26.8 Å². The van der Waals surface area contributed by atoms with Gasteiger partial charge in [0.2, 0.25) is 0 Å². The molecule has 0 saturated heterocycles. The fourth-order valence-corrected chi connectivity index (χ4v) is 4.92. The Balaban J connectivity index is 1.90. The van der Waals surface area contributed by atoms with E-state index in [0.717, 1.165) is 22.4 Å². The summed E-state index contributed by atoms with van der Waals surface area (Å²) >= 11 is 1.33. The highest BCUT2D eigenvalue weighted by Crippen LogP contribution is 2.30. The van der Waals surface area contributed by atoms with Gasteiger partial charge in [-0.3, -0.25) is 9.36 Å². The Hall–Kier alpha value is -3.45. The number of esters is 1. The molecule has 2 heterocycles. The van der Waals surface area contributed by atoms with Gasteiger partial charge in [0, 0.05) is 19.8 Å². The Kier molecular flexibility index (Phi) is 6.33. The van der Waals surface area contributed by atoms with Crippen LogP contribution < -0.4 is 19.8 Å². The van der Waals surface area contributed by atoms with Crippen LogP contribution in [0.2, 0.25) is 0 Å². The molecule has 0 spiro atoms. The molecular formula is C26H27N3O3S. The highest BCUT2D eigenvalue weighted by atomic mass is 32.1. The largest absolute Gasteiger partial charge is 0.463 e. The first-order valence-corrected chi connectivity index (χ1v) is 11.7. The highest BCUT2D eigenvalue weighted by molar-refractivity contribution is 7.07. The zero-order valence-electron chi connectivity index (χ0n) is 19.5. The molecule has 6 nitrogen and oxygen atoms in total. The molecule has 3 aromatic rings. The van der Waals surface area contributed by atoms with Crippen LogP contribution in [0.3, 0.4) is 0 Å². The lowest BCUT2D eigenvalue weighted by Crippen LogP contribution is -2.39. The van der Waals surface area contributed by atoms with Gasteiger partial charge in [-0.2, -0.15) is 0 Å². The second-order valence-electron chi connectivity index (χ2n) is 8.20. The first-order valence-electron chi connectivity index (χ1n) is 10.8. The molecule has 0 aliphatic carbocycles. The molecule has 7 heteroatoms. The summed E-state index contributed by atoms with van der Waals surface area (Å²) in [6.45, 7) is 5.82. The van der Waals surface area contributed by atoms with Crippen LogP contribution in [-0.4, -0.2) is 31.2 Å². The topological polar surface area (TPSA) is 63.9 Å². The number of carbonyl (C=O) groups is 1. The number of aryl methyl sites for hydroxylation is 1. The fourth-order valence-electron chi connectivity index (χ4n) is 3.88. The number of thiazole rings is 1. The summed E-state index contributed by atoms with van der Waals surface area (Å²) < 4.78 is 7.52. The van der Waals surface area contributed by atoms with E-state index in [2.05, 4.69) is 4.99 Å². The summed E-state index contributed by atoms with van der Waals surface area (Å²) in [5.41, 5.74) is 4.76. The fraction of sp³-hybridized carbons (Fsp3) is 0.269. The van der Waals surface area contributed by atoms with Gasteiger partial charge in [-0.15, -0.1) is 0 Å². The van der Waals surface area contributed by atoms with E-state index in [-0.39, 0.29) is 12.2 Å². The Morgan fingerprint density at radius 2 is 1.79 bits per heavy atom. The summed E-state index contributed by atoms with van der Waals surface area (Å²) in [5.74, 6) is -0.446. The van der Waals surface area contributed by atoms with Crippen molar-refractivity contribution in [2.24, 2.45) is 4.99 Å². The number of rotatable bonds is 5. The normalized spacial score (nSPS) is 15.8. The number of aromatic nitrogens is 1. The molecular weight excluding hydrogens is 434 g/mol. The molecule has 0 saturated carbocycles. The number of nitrogens with zero attached hydrogens (tertiary/aromatic N) is 3. The average molecular weight is 462 g/mol. The number of hydrogen-bond acceptors (Lipinski definition) is 6. The molecule has 0 amide bonds. The number of hydrogen-bond donors (Lipinski definition) is 0. The predicted octanol–water partition coefficient (Wildman–Crippen LogP) is 3.17. The van der Waals surface area contributed by atoms with Crippen molar-refractivity contribution in [1.29, 1.82) is 0 Å². The minimum atomic E-state index is -0.584. The molecule has 33 heavy (non-hydrogen) atoms. The predicted molar refractivity (Wildman–Crippen MR) is 132 cm³/mol. The van der Waals surface area contributed by atoms with Crippen LogP contribution in [0.25, 0.3) is 6.08 Å². The van der Waals surface area contributed by atoms with E-state index in [1.165, 1.54) is 11.3 Å². The molecule has 1 atom stereocenters. The van der Waals surface area contributed by atoms with Crippen LogP contribution in [0, 0.1) is 6.92 Å². The molecule has 1 aliphatic heterocycles. The number of fused-ring (bicyclic) bond motifs is 1. The number of ether oxygens (including phenoxy) is 1. The Labute approximate surface area is 196 Å². The van der Waals surface area contributed by atoms with Gasteiger partial charge in [0.25, 0.3) is 5.56 Å². The van der Waals surface area contributed by atoms with Gasteiger partial charge in [0.1, 0.15) is 0 Å². The van der Waals surface area contributed by atoms with Crippen LogP contribution in [0.4, 0.5) is 5.69 Å². The van der Waals surface area contributed by atoms with Crippen LogP contribution in [0.5, 0.6) is 0 Å². The van der Waals surface area contributed by atoms with E-state index in [1.54, 1.807) is 18.4 Å². The maximum atomic E-state index is 13.6. The highest BCUT2D eigenvalue weighted by Gasteiger charge is 2.33. The standard InChI is InChI=1S/C26H27N3O3S/c1-6-32-25(31)22-17(3)27-26-29(23(22)19-11-7-16(2)8-12-19)24(30)21(33-26)15-18-9-13-20(14-10-18)28(4)5/h7-15,23H,6H2,1-5H3/b21-15+/t23-/m0/s1. The van der Waals surface area contributed by atoms with Gasteiger partial charge in [0.05, 0.1) is 28.5 Å². The van der Waals surface area contributed by atoms with E-state index < -0.39 is 12.0 Å². The van der Waals surface area contributed by atoms with Crippen molar-refractivity contribution in [3.8, 4) is 0 Å². The van der Waals surface area contributed by atoms with Gasteiger partial charge in [-0.1, -0.05) is 53.3 Å². The van der Waals surface area contributed by atoms with Crippen molar-refractivity contribution >= 4 is 29.1 Å². The maximum absolute atomic E-state index is 13.6. The molecule has 0 fully saturated rings. The van der Waals surface area contributed by atoms with E-state index >= 15 is 0 Å². The Morgan fingerprint density at radius 1 is 1.12 bits per heavy atom. The molecule has 170 valence electrons. The van der Waals surface area contributed by atoms with Crippen LogP contribution in [0.1, 0.15) is 36.6 Å². The zero-order valence-corrected chi connectivity index (χ0v) is 20.3. The van der Waals surface area contributed by atoms with E-state index in [4.69, 9.17) is 4.74 Å². The van der Waals surface area contributed by atoms with E-state index in [9.17, 15) is 9.59 Å². The van der Waals surface area contributed by atoms with Crippen molar-refractivity contribution in [3.05, 3.63) is 96.2 Å². The van der Waals surface area contributed by atoms with Gasteiger partial charge in [0.15, 0.2) is 4.80 Å². The minimum Gasteiger partial charge on any atom is -0.463 e. The van der Waals surface area contributed by atoms with E-state index in [0.29, 0.717) is 20.6 Å². The van der Waals surface area contributed by atoms with Gasteiger partial charge in [-0.25, -0.2) is 9.79 Å². The lowest BCUT2D eigenvalue weighted by molar-refractivity contribution is -0.139. The quantitative estimate of drug-likeness (QED) is 0.548. The Bertz CT molecular complexity index is 1390. The summed E-state index contributed by atoms with van der Waals surface area (Å²) in [7, 11) is 3.98. The monoisotopic (exact) mass is 461 g/mol. The molecule has 2 aromatic carbocycles. The summed E-state index contributed by atoms with van der Waals surface area (Å²) in [6.07, 6.45) is 1.87. The maximum Gasteiger partial charge on any atom is 0.338 e. The molecule has 0 bridgehead atoms. The van der Waals surface area contributed by atoms with Gasteiger partial charge < -0.3 is 9.64 Å². The average Bonchev–Trinajstić information content (AvgIpc) is 3.08. The summed E-state index contributed by atoms with van der Waals surface area (Å²) in [5, 5.41) is 0. The smallest absolute Gasteiger partial charge is 0.338 e. The number of anilines is 1. The first-order chi connectivity index (χ1) is 15.8. The van der Waals surface area contributed by atoms with Crippen molar-refractivity contribution in [3.63, 3.8) is 0 Å². The van der Waals surface area contributed by atoms with Crippen LogP contribution in [-0.2, 0) is 9.53 Å². The number of benzene rings is 2. The first kappa shape index (κ1) is 22.7. The third-order valence-electron chi connectivity index (χ3n) is 5.62. The van der Waals surface area contributed by atoms with Crippen LogP contribution >= 0.6 is 11.3 Å². The number of allylic oxidation sites excluding steroid dienone is 1. The third kappa shape index (κ3) is 4.41. The van der Waals surface area contributed by atoms with Gasteiger partial charge in [-0.05, 0) is 50.1 Å². The summed E-state index contributed by atoms with van der Waals surface area (Å²) in [6, 6.07) is 15.3. The molecule has 0 radical (unpaired) electrons. The third-order valence-corrected chi connectivity index (χ3v) is 6.60.